The van der Waals surface area contributed by atoms with E-state index in [2.05, 4.69) is 11.8 Å². The van der Waals surface area contributed by atoms with Crippen molar-refractivity contribution in [3.05, 3.63) is 66.5 Å². The predicted octanol–water partition coefficient (Wildman–Crippen LogP) is 1.03. The van der Waals surface area contributed by atoms with Gasteiger partial charge in [-0.1, -0.05) is 30.1 Å². The molecule has 29 heavy (non-hydrogen) atoms. The van der Waals surface area contributed by atoms with Gasteiger partial charge in [-0.3, -0.25) is 0 Å². The number of benzene rings is 1. The summed E-state index contributed by atoms with van der Waals surface area (Å²) in [6.07, 6.45) is 7.33. The van der Waals surface area contributed by atoms with Gasteiger partial charge in [0.25, 0.3) is 0 Å². The van der Waals surface area contributed by atoms with Crippen LogP contribution in [0.25, 0.3) is 0 Å². The molecule has 0 aliphatic rings. The normalized spacial score (nSPS) is 14.6. The van der Waals surface area contributed by atoms with Crippen LogP contribution in [0.15, 0.2) is 60.7 Å². The molecule has 0 spiro atoms. The number of hydrogen-bond acceptors (Lipinski definition) is 6. The Hall–Kier alpha value is -2.96. The average molecular weight is 405 g/mol. The molecule has 0 unspecified atom stereocenters. The van der Waals surface area contributed by atoms with Crippen molar-refractivity contribution in [3.63, 3.8) is 0 Å². The molecule has 0 aliphatic heterocycles. The molecule has 1 rings (SSSR count). The lowest BCUT2D eigenvalue weighted by molar-refractivity contribution is -0.143. The molecule has 1 aromatic rings. The van der Waals surface area contributed by atoms with Crippen LogP contribution in [0.4, 0.5) is 4.39 Å². The van der Waals surface area contributed by atoms with E-state index in [9.17, 15) is 19.4 Å². The van der Waals surface area contributed by atoms with Gasteiger partial charge in [0.05, 0.1) is 18.8 Å². The number of carboxylic acids is 1. The summed E-state index contributed by atoms with van der Waals surface area (Å²) in [5, 5.41) is 27.9. The smallest absolute Gasteiger partial charge is 0.329 e. The Balaban J connectivity index is 2.27. The second-order valence-corrected chi connectivity index (χ2v) is 5.78. The number of allylic oxidation sites excluding steroid dienone is 4. The van der Waals surface area contributed by atoms with Crippen molar-refractivity contribution in [3.8, 4) is 17.6 Å². The number of carboxylic acid groups (broad SMARTS) is 1. The van der Waals surface area contributed by atoms with E-state index in [0.29, 0.717) is 5.75 Å². The number of nitrogens with two attached hydrogens (primary N) is 1. The SMILES string of the molecule is N[C@H](C=CC=CC#CC=C[C@H](O)COc1ccc(F)cc1)[C@H](O)COCC(=O)O. The third kappa shape index (κ3) is 12.2. The maximum absolute atomic E-state index is 12.8. The lowest BCUT2D eigenvalue weighted by Crippen LogP contribution is -2.36. The summed E-state index contributed by atoms with van der Waals surface area (Å²) >= 11 is 0. The van der Waals surface area contributed by atoms with E-state index in [0.717, 1.165) is 0 Å². The van der Waals surface area contributed by atoms with Gasteiger partial charge in [0.1, 0.15) is 30.9 Å². The molecular weight excluding hydrogens is 381 g/mol. The highest BCUT2D eigenvalue weighted by atomic mass is 19.1. The van der Waals surface area contributed by atoms with E-state index in [1.807, 2.05) is 0 Å². The summed E-state index contributed by atoms with van der Waals surface area (Å²) in [6.45, 7) is -0.665. The van der Waals surface area contributed by atoms with Crippen LogP contribution in [0.3, 0.4) is 0 Å². The molecule has 0 amide bonds. The van der Waals surface area contributed by atoms with Gasteiger partial charge < -0.3 is 30.5 Å². The largest absolute Gasteiger partial charge is 0.491 e. The van der Waals surface area contributed by atoms with E-state index < -0.39 is 30.8 Å². The van der Waals surface area contributed by atoms with Crippen LogP contribution in [0, 0.1) is 17.7 Å². The van der Waals surface area contributed by atoms with Crippen LogP contribution in [0.2, 0.25) is 0 Å². The molecule has 0 saturated carbocycles. The highest BCUT2D eigenvalue weighted by molar-refractivity contribution is 5.67. The van der Waals surface area contributed by atoms with Crippen LogP contribution in [0.1, 0.15) is 0 Å². The quantitative estimate of drug-likeness (QED) is 0.320. The highest BCUT2D eigenvalue weighted by Gasteiger charge is 2.12. The zero-order valence-corrected chi connectivity index (χ0v) is 15.6. The molecule has 1 aromatic carbocycles. The lowest BCUT2D eigenvalue weighted by atomic mass is 10.1. The minimum Gasteiger partial charge on any atom is -0.491 e. The minimum absolute atomic E-state index is 0.0127. The second-order valence-electron chi connectivity index (χ2n) is 5.78. The topological polar surface area (TPSA) is 122 Å². The van der Waals surface area contributed by atoms with E-state index in [-0.39, 0.29) is 19.0 Å². The molecular formula is C21H24FNO6. The summed E-state index contributed by atoms with van der Waals surface area (Å²) in [4.78, 5) is 10.3. The maximum atomic E-state index is 12.8. The Kier molecular flexibility index (Phi) is 11.7. The Morgan fingerprint density at radius 3 is 2.48 bits per heavy atom. The monoisotopic (exact) mass is 405 g/mol. The fourth-order valence-corrected chi connectivity index (χ4v) is 1.83. The molecule has 0 saturated heterocycles. The third-order valence-corrected chi connectivity index (χ3v) is 3.30. The average Bonchev–Trinajstić information content (AvgIpc) is 2.69. The van der Waals surface area contributed by atoms with Gasteiger partial charge in [0.15, 0.2) is 0 Å². The first-order chi connectivity index (χ1) is 13.9. The third-order valence-electron chi connectivity index (χ3n) is 3.30. The lowest BCUT2D eigenvalue weighted by Gasteiger charge is -2.14. The van der Waals surface area contributed by atoms with Gasteiger partial charge in [-0.15, -0.1) is 0 Å². The van der Waals surface area contributed by atoms with E-state index >= 15 is 0 Å². The van der Waals surface area contributed by atoms with Gasteiger partial charge in [0.2, 0.25) is 0 Å². The van der Waals surface area contributed by atoms with Crippen LogP contribution in [0.5, 0.6) is 5.75 Å². The van der Waals surface area contributed by atoms with E-state index in [1.54, 1.807) is 18.2 Å². The minimum atomic E-state index is -1.12. The number of ether oxygens (including phenoxy) is 2. The van der Waals surface area contributed by atoms with Crippen molar-refractivity contribution in [1.29, 1.82) is 0 Å². The Labute approximate surface area is 168 Å². The molecule has 0 aliphatic carbocycles. The molecule has 3 atom stereocenters. The molecule has 0 radical (unpaired) electrons. The zero-order valence-electron chi connectivity index (χ0n) is 15.6. The second kappa shape index (κ2) is 14.1. The molecule has 156 valence electrons. The predicted molar refractivity (Wildman–Crippen MR) is 106 cm³/mol. The summed E-state index contributed by atoms with van der Waals surface area (Å²) in [6, 6.07) is 4.77. The zero-order chi connectivity index (χ0) is 21.5. The van der Waals surface area contributed by atoms with Crippen molar-refractivity contribution in [2.24, 2.45) is 5.73 Å². The molecule has 0 heterocycles. The van der Waals surface area contributed by atoms with Crippen molar-refractivity contribution in [2.45, 2.75) is 18.2 Å². The Morgan fingerprint density at radius 2 is 1.79 bits per heavy atom. The van der Waals surface area contributed by atoms with Crippen molar-refractivity contribution in [1.82, 2.24) is 0 Å². The molecule has 8 heteroatoms. The van der Waals surface area contributed by atoms with Gasteiger partial charge >= 0.3 is 5.97 Å². The number of hydrogen-bond donors (Lipinski definition) is 4. The van der Waals surface area contributed by atoms with Crippen LogP contribution >= 0.6 is 0 Å². The molecule has 0 fully saturated rings. The number of aliphatic hydroxyl groups is 2. The molecule has 7 nitrogen and oxygen atoms in total. The standard InChI is InChI=1S/C21H24FNO6/c22-16-9-11-18(12-10-16)29-13-17(24)7-5-3-1-2-4-6-8-19(23)20(25)14-28-15-21(26)27/h2,4-12,17,19-20,24-25H,13-15,23H2,(H,26,27)/t17-,19+,20+/m0/s1. The van der Waals surface area contributed by atoms with Gasteiger partial charge in [-0.25, -0.2) is 9.18 Å². The Bertz CT molecular complexity index is 764. The fourth-order valence-electron chi connectivity index (χ4n) is 1.83. The Morgan fingerprint density at radius 1 is 1.10 bits per heavy atom. The van der Waals surface area contributed by atoms with E-state index in [1.165, 1.54) is 42.5 Å². The van der Waals surface area contributed by atoms with Crippen LogP contribution < -0.4 is 10.5 Å². The summed E-state index contributed by atoms with van der Waals surface area (Å²) < 4.78 is 22.8. The van der Waals surface area contributed by atoms with Gasteiger partial charge in [0, 0.05) is 0 Å². The number of carbonyl (C=O) groups is 1. The number of halogens is 1. The van der Waals surface area contributed by atoms with Gasteiger partial charge in [-0.05, 0) is 42.5 Å². The first-order valence-electron chi connectivity index (χ1n) is 8.69. The van der Waals surface area contributed by atoms with Crippen molar-refractivity contribution < 1.29 is 34.0 Å². The summed E-state index contributed by atoms with van der Waals surface area (Å²) in [5.41, 5.74) is 5.70. The first kappa shape index (κ1) is 24.1. The number of aliphatic hydroxyl groups excluding tert-OH is 2. The van der Waals surface area contributed by atoms with Crippen molar-refractivity contribution in [2.75, 3.05) is 19.8 Å². The maximum Gasteiger partial charge on any atom is 0.329 e. The number of aliphatic carboxylic acids is 1. The van der Waals surface area contributed by atoms with Gasteiger partial charge in [-0.2, -0.15) is 0 Å². The highest BCUT2D eigenvalue weighted by Crippen LogP contribution is 2.11. The first-order valence-corrected chi connectivity index (χ1v) is 8.69. The fraction of sp³-hybridized carbons (Fsp3) is 0.286. The summed E-state index contributed by atoms with van der Waals surface area (Å²) in [5.74, 6) is 4.39. The van der Waals surface area contributed by atoms with Crippen molar-refractivity contribution >= 4 is 5.97 Å². The van der Waals surface area contributed by atoms with Crippen LogP contribution in [-0.4, -0.2) is 59.4 Å². The molecule has 0 bridgehead atoms. The summed E-state index contributed by atoms with van der Waals surface area (Å²) in [7, 11) is 0. The van der Waals surface area contributed by atoms with Crippen LogP contribution in [-0.2, 0) is 9.53 Å². The molecule has 0 aromatic heterocycles. The van der Waals surface area contributed by atoms with E-state index in [4.69, 9.17) is 20.3 Å². The number of rotatable bonds is 11. The molecule has 5 N–H and O–H groups in total.